The minimum absolute atomic E-state index is 0.0184. The molecular formula is C19H16FN3O5. The van der Waals surface area contributed by atoms with Crippen LogP contribution in [0.3, 0.4) is 0 Å². The Bertz CT molecular complexity index is 1070. The molecule has 0 fully saturated rings. The van der Waals surface area contributed by atoms with Crippen LogP contribution in [-0.2, 0) is 6.54 Å². The van der Waals surface area contributed by atoms with Crippen LogP contribution in [0.15, 0.2) is 42.5 Å². The van der Waals surface area contributed by atoms with Crippen LogP contribution >= 0.6 is 0 Å². The van der Waals surface area contributed by atoms with Crippen LogP contribution in [0.4, 0.5) is 4.39 Å². The summed E-state index contributed by atoms with van der Waals surface area (Å²) in [5.74, 6) is -3.64. The number of allylic oxidation sites excluding steroid dienone is 1. The van der Waals surface area contributed by atoms with Gasteiger partial charge in [-0.25, -0.2) is 9.07 Å². The van der Waals surface area contributed by atoms with Crippen LogP contribution < -0.4 is 0 Å². The quantitative estimate of drug-likeness (QED) is 0.230. The Morgan fingerprint density at radius 2 is 1.86 bits per heavy atom. The number of phenols is 3. The Morgan fingerprint density at radius 3 is 2.50 bits per heavy atom. The normalized spacial score (nSPS) is 11.6. The minimum Gasteiger partial charge on any atom is -0.507 e. The van der Waals surface area contributed by atoms with E-state index in [2.05, 4.69) is 10.3 Å². The average Bonchev–Trinajstić information content (AvgIpc) is 2.99. The van der Waals surface area contributed by atoms with E-state index in [9.17, 15) is 29.6 Å². The van der Waals surface area contributed by atoms with Gasteiger partial charge in [0.25, 0.3) is 0 Å². The fourth-order valence-corrected chi connectivity index (χ4v) is 2.57. The van der Waals surface area contributed by atoms with Gasteiger partial charge < -0.3 is 20.4 Å². The molecule has 28 heavy (non-hydrogen) atoms. The van der Waals surface area contributed by atoms with E-state index in [1.54, 1.807) is 19.1 Å². The van der Waals surface area contributed by atoms with E-state index in [0.29, 0.717) is 11.3 Å². The van der Waals surface area contributed by atoms with Gasteiger partial charge in [0.15, 0.2) is 22.9 Å². The van der Waals surface area contributed by atoms with Gasteiger partial charge in [0, 0.05) is 11.6 Å². The van der Waals surface area contributed by atoms with Crippen LogP contribution in [-0.4, -0.2) is 41.2 Å². The molecule has 1 aromatic heterocycles. The lowest BCUT2D eigenvalue weighted by Gasteiger charge is -2.05. The highest BCUT2D eigenvalue weighted by molar-refractivity contribution is 6.07. The highest BCUT2D eigenvalue weighted by Gasteiger charge is 2.17. The lowest BCUT2D eigenvalue weighted by Crippen LogP contribution is -2.06. The third-order valence-electron chi connectivity index (χ3n) is 4.07. The Morgan fingerprint density at radius 1 is 1.18 bits per heavy atom. The van der Waals surface area contributed by atoms with E-state index in [4.69, 9.17) is 0 Å². The molecule has 144 valence electrons. The summed E-state index contributed by atoms with van der Waals surface area (Å²) >= 11 is 0. The number of nitrogens with zero attached hydrogens (tertiary/aromatic N) is 3. The number of hydrogen-bond donors (Lipinski definition) is 4. The van der Waals surface area contributed by atoms with E-state index in [-0.39, 0.29) is 23.6 Å². The molecule has 0 bridgehead atoms. The molecule has 9 heteroatoms. The van der Waals surface area contributed by atoms with Crippen molar-refractivity contribution in [1.29, 1.82) is 0 Å². The first kappa shape index (κ1) is 18.9. The number of phenolic OH excluding ortho intramolecular Hbond substituents is 3. The number of hydrogen-bond acceptors (Lipinski definition) is 7. The number of ketones is 1. The lowest BCUT2D eigenvalue weighted by molar-refractivity contribution is 0.104. The third kappa shape index (κ3) is 3.78. The summed E-state index contributed by atoms with van der Waals surface area (Å²) in [5.41, 5.74) is 0.955. The van der Waals surface area contributed by atoms with Crippen molar-refractivity contribution in [3.8, 4) is 17.2 Å². The summed E-state index contributed by atoms with van der Waals surface area (Å²) in [5, 5.41) is 46.1. The second kappa shape index (κ2) is 7.39. The van der Waals surface area contributed by atoms with Gasteiger partial charge >= 0.3 is 0 Å². The predicted molar refractivity (Wildman–Crippen MR) is 96.6 cm³/mol. The average molecular weight is 385 g/mol. The molecule has 0 atom stereocenters. The number of carbonyl (C=O) groups is 1. The maximum atomic E-state index is 13.3. The largest absolute Gasteiger partial charge is 0.507 e. The highest BCUT2D eigenvalue weighted by Crippen LogP contribution is 2.37. The van der Waals surface area contributed by atoms with Gasteiger partial charge in [-0.3, -0.25) is 4.79 Å². The summed E-state index contributed by atoms with van der Waals surface area (Å²) in [7, 11) is 0. The smallest absolute Gasteiger partial charge is 0.211 e. The van der Waals surface area contributed by atoms with Crippen molar-refractivity contribution in [2.75, 3.05) is 0 Å². The van der Waals surface area contributed by atoms with Crippen LogP contribution in [0, 0.1) is 12.7 Å². The number of rotatable bonds is 5. The van der Waals surface area contributed by atoms with Crippen molar-refractivity contribution in [2.24, 2.45) is 0 Å². The van der Waals surface area contributed by atoms with Gasteiger partial charge in [0.1, 0.15) is 11.6 Å². The second-order valence-corrected chi connectivity index (χ2v) is 6.07. The predicted octanol–water partition coefficient (Wildman–Crippen LogP) is 2.67. The summed E-state index contributed by atoms with van der Waals surface area (Å²) < 4.78 is 14.7. The first-order chi connectivity index (χ1) is 13.3. The lowest BCUT2D eigenvalue weighted by atomic mass is 10.1. The zero-order valence-electron chi connectivity index (χ0n) is 14.7. The number of aliphatic hydroxyl groups excluding tert-OH is 1. The molecular weight excluding hydrogens is 369 g/mol. The van der Waals surface area contributed by atoms with Crippen molar-refractivity contribution >= 4 is 11.5 Å². The van der Waals surface area contributed by atoms with Crippen molar-refractivity contribution in [3.05, 3.63) is 70.8 Å². The van der Waals surface area contributed by atoms with Gasteiger partial charge in [-0.15, -0.1) is 5.10 Å². The number of aromatic nitrogens is 3. The van der Waals surface area contributed by atoms with E-state index in [0.717, 1.165) is 18.2 Å². The second-order valence-electron chi connectivity index (χ2n) is 6.07. The first-order valence-electron chi connectivity index (χ1n) is 8.11. The van der Waals surface area contributed by atoms with Crippen molar-refractivity contribution in [2.45, 2.75) is 13.5 Å². The van der Waals surface area contributed by atoms with Crippen molar-refractivity contribution < 1.29 is 29.6 Å². The topological polar surface area (TPSA) is 129 Å². The first-order valence-corrected chi connectivity index (χ1v) is 8.11. The van der Waals surface area contributed by atoms with Gasteiger partial charge in [-0.1, -0.05) is 17.3 Å². The molecule has 3 aromatic rings. The summed E-state index contributed by atoms with van der Waals surface area (Å²) in [6.45, 7) is 1.81. The highest BCUT2D eigenvalue weighted by atomic mass is 19.1. The number of carbonyl (C=O) groups excluding carboxylic acids is 1. The molecule has 4 N–H and O–H groups in total. The molecule has 0 saturated carbocycles. The zero-order valence-corrected chi connectivity index (χ0v) is 14.7. The number of halogens is 1. The number of aromatic hydroxyl groups is 3. The molecule has 1 heterocycles. The summed E-state index contributed by atoms with van der Waals surface area (Å²) in [6, 6.07) is 7.91. The standard InChI is InChI=1S/C19H16FN3O5/c1-10-18(21-22-23(10)9-11-3-2-4-13(20)5-11)15(25)8-14(24)12-6-16(26)19(28)17(27)7-12/h2-8,24,26-28H,9H2,1H3/b14-8-. The number of aliphatic hydroxyl groups is 1. The van der Waals surface area contributed by atoms with E-state index < -0.39 is 28.8 Å². The summed E-state index contributed by atoms with van der Waals surface area (Å²) in [4.78, 5) is 12.4. The molecule has 2 aromatic carbocycles. The van der Waals surface area contributed by atoms with E-state index in [1.807, 2.05) is 0 Å². The molecule has 0 spiro atoms. The Hall–Kier alpha value is -3.88. The molecule has 0 unspecified atom stereocenters. The fourth-order valence-electron chi connectivity index (χ4n) is 2.57. The minimum atomic E-state index is -0.737. The van der Waals surface area contributed by atoms with Crippen LogP contribution in [0.25, 0.3) is 5.76 Å². The van der Waals surface area contributed by atoms with Crippen LogP contribution in [0.5, 0.6) is 17.2 Å². The molecule has 0 aliphatic rings. The van der Waals surface area contributed by atoms with Crippen molar-refractivity contribution in [3.63, 3.8) is 0 Å². The fraction of sp³-hybridized carbons (Fsp3) is 0.105. The number of benzene rings is 2. The summed E-state index contributed by atoms with van der Waals surface area (Å²) in [6.07, 6.45) is 0.856. The third-order valence-corrected chi connectivity index (χ3v) is 4.07. The Labute approximate surface area is 158 Å². The molecule has 0 aliphatic heterocycles. The zero-order chi connectivity index (χ0) is 20.4. The molecule has 0 aliphatic carbocycles. The van der Waals surface area contributed by atoms with Gasteiger partial charge in [0.05, 0.1) is 12.2 Å². The van der Waals surface area contributed by atoms with Gasteiger partial charge in [-0.05, 0) is 36.8 Å². The monoisotopic (exact) mass is 385 g/mol. The van der Waals surface area contributed by atoms with Gasteiger partial charge in [0.2, 0.25) is 5.78 Å². The molecule has 0 saturated heterocycles. The van der Waals surface area contributed by atoms with Crippen LogP contribution in [0.1, 0.15) is 27.3 Å². The SMILES string of the molecule is Cc1c(C(=O)/C=C(\O)c2cc(O)c(O)c(O)c2)nnn1Cc1cccc(F)c1. The van der Waals surface area contributed by atoms with E-state index in [1.165, 1.54) is 16.8 Å². The molecule has 3 rings (SSSR count). The Balaban J connectivity index is 1.85. The molecule has 8 nitrogen and oxygen atoms in total. The Kier molecular flexibility index (Phi) is 4.99. The van der Waals surface area contributed by atoms with Gasteiger partial charge in [-0.2, -0.15) is 0 Å². The molecule has 0 radical (unpaired) electrons. The van der Waals surface area contributed by atoms with E-state index >= 15 is 0 Å². The van der Waals surface area contributed by atoms with Crippen molar-refractivity contribution in [1.82, 2.24) is 15.0 Å². The molecule has 0 amide bonds. The maximum Gasteiger partial charge on any atom is 0.211 e. The van der Waals surface area contributed by atoms with Crippen LogP contribution in [0.2, 0.25) is 0 Å². The maximum absolute atomic E-state index is 13.3.